The van der Waals surface area contributed by atoms with E-state index in [1.807, 2.05) is 19.1 Å². The average molecular weight is 561 g/mol. The van der Waals surface area contributed by atoms with Gasteiger partial charge in [0, 0.05) is 17.6 Å². The molecule has 0 amide bonds. The maximum absolute atomic E-state index is 6.36. The number of rotatable bonds is 15. The van der Waals surface area contributed by atoms with Gasteiger partial charge >= 0.3 is 0 Å². The highest BCUT2D eigenvalue weighted by atomic mass is 16.6. The van der Waals surface area contributed by atoms with E-state index < -0.39 is 0 Å². The molecule has 0 spiro atoms. The molecule has 41 heavy (non-hydrogen) atoms. The quantitative estimate of drug-likeness (QED) is 0.192. The summed E-state index contributed by atoms with van der Waals surface area (Å²) in [7, 11) is 0. The number of allylic oxidation sites excluding steroid dienone is 2. The van der Waals surface area contributed by atoms with Crippen LogP contribution in [0.1, 0.15) is 23.6 Å². The highest BCUT2D eigenvalue weighted by Gasteiger charge is 2.27. The number of benzene rings is 3. The molecule has 4 fully saturated rings. The molecule has 216 valence electrons. The lowest BCUT2D eigenvalue weighted by molar-refractivity contribution is 0.185. The Morgan fingerprint density at radius 1 is 0.707 bits per heavy atom. The molecular formula is C33H36O8. The van der Waals surface area contributed by atoms with E-state index in [4.69, 9.17) is 37.9 Å². The first-order valence-electron chi connectivity index (χ1n) is 14.4. The first-order chi connectivity index (χ1) is 20.1. The molecular weight excluding hydrogens is 524 g/mol. The molecule has 0 radical (unpaired) electrons. The van der Waals surface area contributed by atoms with Crippen molar-refractivity contribution in [2.24, 2.45) is 0 Å². The molecule has 4 saturated heterocycles. The van der Waals surface area contributed by atoms with Crippen molar-refractivity contribution in [2.75, 3.05) is 52.9 Å². The Morgan fingerprint density at radius 2 is 1.27 bits per heavy atom. The van der Waals surface area contributed by atoms with Gasteiger partial charge in [0.2, 0.25) is 0 Å². The zero-order valence-electron chi connectivity index (χ0n) is 23.6. The number of aryl methyl sites for hydroxylation is 1. The van der Waals surface area contributed by atoms with Gasteiger partial charge in [-0.05, 0) is 66.1 Å². The predicted molar refractivity (Wildman–Crippen MR) is 153 cm³/mol. The SMILES string of the molecule is C/C(OCC1CO1)=C(/Cc1c(OCC2CO2)ccc2ccc(OCC3CO3)cc12)c1cc(OCC2CO2)ccc1C. The third kappa shape index (κ3) is 6.96. The van der Waals surface area contributed by atoms with Gasteiger partial charge in [0.05, 0.1) is 32.2 Å². The van der Waals surface area contributed by atoms with Crippen LogP contribution in [0.3, 0.4) is 0 Å². The average Bonchev–Trinajstić information content (AvgIpc) is 3.82. The van der Waals surface area contributed by atoms with E-state index in [0.717, 1.165) is 82.5 Å². The van der Waals surface area contributed by atoms with Gasteiger partial charge in [-0.3, -0.25) is 0 Å². The molecule has 0 saturated carbocycles. The third-order valence-corrected chi connectivity index (χ3v) is 7.77. The molecule has 0 N–H and O–H groups in total. The standard InChI is InChI=1S/C33H36O8/c1-20-3-6-23(35-13-26-16-38-26)9-29(20)30(21(2)34-12-25-15-37-25)11-32-31-10-24(36-14-27-17-39-27)7-4-22(31)5-8-33(32)41-19-28-18-40-28/h3-10,25-28H,11-19H2,1-2H3/b30-21+. The zero-order chi connectivity index (χ0) is 27.8. The Hall–Kier alpha value is -3.30. The highest BCUT2D eigenvalue weighted by molar-refractivity contribution is 5.91. The molecule has 0 aliphatic carbocycles. The normalized spacial score (nSPS) is 24.4. The Balaban J connectivity index is 1.27. The van der Waals surface area contributed by atoms with Gasteiger partial charge < -0.3 is 37.9 Å². The van der Waals surface area contributed by atoms with E-state index in [9.17, 15) is 0 Å². The van der Waals surface area contributed by atoms with Gasteiger partial charge in [0.15, 0.2) is 0 Å². The van der Waals surface area contributed by atoms with Crippen molar-refractivity contribution in [2.45, 2.75) is 44.7 Å². The number of fused-ring (bicyclic) bond motifs is 1. The van der Waals surface area contributed by atoms with Gasteiger partial charge in [-0.25, -0.2) is 0 Å². The smallest absolute Gasteiger partial charge is 0.123 e. The Morgan fingerprint density at radius 3 is 1.93 bits per heavy atom. The van der Waals surface area contributed by atoms with Crippen LogP contribution in [0.4, 0.5) is 0 Å². The van der Waals surface area contributed by atoms with Gasteiger partial charge in [-0.2, -0.15) is 0 Å². The van der Waals surface area contributed by atoms with Crippen LogP contribution >= 0.6 is 0 Å². The summed E-state index contributed by atoms with van der Waals surface area (Å²) in [5.74, 6) is 3.32. The molecule has 4 unspecified atom stereocenters. The molecule has 4 atom stereocenters. The van der Waals surface area contributed by atoms with Crippen molar-refractivity contribution in [1.82, 2.24) is 0 Å². The second-order valence-electron chi connectivity index (χ2n) is 11.2. The largest absolute Gasteiger partial charge is 0.495 e. The summed E-state index contributed by atoms with van der Waals surface area (Å²) < 4.78 is 46.4. The summed E-state index contributed by atoms with van der Waals surface area (Å²) in [4.78, 5) is 0. The molecule has 3 aromatic carbocycles. The molecule has 0 aromatic heterocycles. The fraction of sp³-hybridized carbons (Fsp3) is 0.455. The second-order valence-corrected chi connectivity index (χ2v) is 11.2. The van der Waals surface area contributed by atoms with Crippen LogP contribution in [0.5, 0.6) is 17.2 Å². The van der Waals surface area contributed by atoms with Gasteiger partial charge in [0.25, 0.3) is 0 Å². The molecule has 8 heteroatoms. The molecule has 4 aliphatic rings. The lowest BCUT2D eigenvalue weighted by atomic mass is 9.90. The Bertz CT molecular complexity index is 1430. The van der Waals surface area contributed by atoms with Crippen LogP contribution in [0.25, 0.3) is 16.3 Å². The van der Waals surface area contributed by atoms with E-state index in [0.29, 0.717) is 32.8 Å². The Labute approximate surface area is 240 Å². The molecule has 4 heterocycles. The van der Waals surface area contributed by atoms with Gasteiger partial charge in [0.1, 0.15) is 68.1 Å². The fourth-order valence-electron chi connectivity index (χ4n) is 4.87. The van der Waals surface area contributed by atoms with Gasteiger partial charge in [-0.15, -0.1) is 0 Å². The predicted octanol–water partition coefficient (Wildman–Crippen LogP) is 4.87. The molecule has 4 aliphatic heterocycles. The topological polar surface area (TPSA) is 87.0 Å². The van der Waals surface area contributed by atoms with Gasteiger partial charge in [-0.1, -0.05) is 18.2 Å². The van der Waals surface area contributed by atoms with Crippen LogP contribution in [-0.4, -0.2) is 77.3 Å². The minimum atomic E-state index is 0.150. The van der Waals surface area contributed by atoms with Crippen LogP contribution < -0.4 is 14.2 Å². The van der Waals surface area contributed by atoms with E-state index in [1.54, 1.807) is 0 Å². The second kappa shape index (κ2) is 11.5. The van der Waals surface area contributed by atoms with Crippen molar-refractivity contribution < 1.29 is 37.9 Å². The van der Waals surface area contributed by atoms with Crippen LogP contribution in [0, 0.1) is 6.92 Å². The monoisotopic (exact) mass is 560 g/mol. The number of hydrogen-bond donors (Lipinski definition) is 0. The van der Waals surface area contributed by atoms with E-state index in [-0.39, 0.29) is 24.4 Å². The summed E-state index contributed by atoms with van der Waals surface area (Å²) in [6, 6.07) is 16.6. The van der Waals surface area contributed by atoms with Crippen molar-refractivity contribution >= 4 is 16.3 Å². The maximum Gasteiger partial charge on any atom is 0.123 e. The van der Waals surface area contributed by atoms with Crippen molar-refractivity contribution in [1.29, 1.82) is 0 Å². The number of epoxide rings is 4. The van der Waals surface area contributed by atoms with E-state index in [2.05, 4.69) is 43.3 Å². The molecule has 8 nitrogen and oxygen atoms in total. The zero-order valence-corrected chi connectivity index (χ0v) is 23.6. The van der Waals surface area contributed by atoms with Crippen molar-refractivity contribution in [3.05, 3.63) is 71.0 Å². The number of ether oxygens (including phenoxy) is 8. The first kappa shape index (κ1) is 26.6. The van der Waals surface area contributed by atoms with Crippen LogP contribution in [-0.2, 0) is 30.1 Å². The molecule has 0 bridgehead atoms. The summed E-state index contributed by atoms with van der Waals surface area (Å²) in [5, 5.41) is 2.20. The van der Waals surface area contributed by atoms with Crippen molar-refractivity contribution in [3.8, 4) is 17.2 Å². The van der Waals surface area contributed by atoms with Crippen LogP contribution in [0.2, 0.25) is 0 Å². The molecule has 3 aromatic rings. The van der Waals surface area contributed by atoms with E-state index >= 15 is 0 Å². The summed E-state index contributed by atoms with van der Waals surface area (Å²) in [5.41, 5.74) is 4.38. The third-order valence-electron chi connectivity index (χ3n) is 7.77. The number of hydrogen-bond acceptors (Lipinski definition) is 8. The fourth-order valence-corrected chi connectivity index (χ4v) is 4.87. The first-order valence-corrected chi connectivity index (χ1v) is 14.4. The minimum Gasteiger partial charge on any atom is -0.495 e. The summed E-state index contributed by atoms with van der Waals surface area (Å²) in [6.07, 6.45) is 1.28. The minimum absolute atomic E-state index is 0.150. The lowest BCUT2D eigenvalue weighted by Crippen LogP contribution is -2.09. The summed E-state index contributed by atoms with van der Waals surface area (Å²) in [6.45, 7) is 9.31. The lowest BCUT2D eigenvalue weighted by Gasteiger charge is -2.20. The van der Waals surface area contributed by atoms with E-state index in [1.165, 1.54) is 0 Å². The highest BCUT2D eigenvalue weighted by Crippen LogP contribution is 2.38. The summed E-state index contributed by atoms with van der Waals surface area (Å²) >= 11 is 0. The van der Waals surface area contributed by atoms with Crippen LogP contribution in [0.15, 0.2) is 54.3 Å². The molecule has 7 rings (SSSR count). The van der Waals surface area contributed by atoms with Crippen molar-refractivity contribution in [3.63, 3.8) is 0 Å². The maximum atomic E-state index is 6.36. The Kier molecular flexibility index (Phi) is 7.48.